The monoisotopic (exact) mass is 335 g/mol. The van der Waals surface area contributed by atoms with Crippen LogP contribution in [0.1, 0.15) is 21.6 Å². The molecule has 126 valence electrons. The number of rotatable bonds is 5. The van der Waals surface area contributed by atoms with E-state index in [1.165, 1.54) is 0 Å². The van der Waals surface area contributed by atoms with E-state index in [9.17, 15) is 9.59 Å². The van der Waals surface area contributed by atoms with Crippen LogP contribution in [0.3, 0.4) is 0 Å². The summed E-state index contributed by atoms with van der Waals surface area (Å²) >= 11 is 0. The van der Waals surface area contributed by atoms with Gasteiger partial charge in [0, 0.05) is 11.6 Å². The minimum atomic E-state index is -0.598. The van der Waals surface area contributed by atoms with Gasteiger partial charge in [-0.3, -0.25) is 9.59 Å². The van der Waals surface area contributed by atoms with Crippen LogP contribution in [0.2, 0.25) is 0 Å². The van der Waals surface area contributed by atoms with Gasteiger partial charge < -0.3 is 15.6 Å². The summed E-state index contributed by atoms with van der Waals surface area (Å²) in [5.41, 5.74) is 8.49. The zero-order chi connectivity index (χ0) is 17.8. The van der Waals surface area contributed by atoms with Crippen LogP contribution >= 0.6 is 0 Å². The zero-order valence-electron chi connectivity index (χ0n) is 13.7. The van der Waals surface area contributed by atoms with Crippen molar-refractivity contribution in [1.82, 2.24) is 5.16 Å². The summed E-state index contributed by atoms with van der Waals surface area (Å²) in [7, 11) is 0. The van der Waals surface area contributed by atoms with Crippen LogP contribution in [0.25, 0.3) is 11.3 Å². The van der Waals surface area contributed by atoms with E-state index in [0.29, 0.717) is 17.1 Å². The summed E-state index contributed by atoms with van der Waals surface area (Å²) in [4.78, 5) is 23.6. The van der Waals surface area contributed by atoms with Crippen LogP contribution in [0, 0.1) is 6.92 Å². The number of carbonyl (C=O) groups is 2. The first-order valence-corrected chi connectivity index (χ1v) is 7.74. The highest BCUT2D eigenvalue weighted by Crippen LogP contribution is 2.21. The Labute approximate surface area is 144 Å². The summed E-state index contributed by atoms with van der Waals surface area (Å²) in [6.07, 6.45) is 0.0302. The van der Waals surface area contributed by atoms with Crippen molar-refractivity contribution >= 4 is 17.5 Å². The van der Waals surface area contributed by atoms with Gasteiger partial charge in [0.25, 0.3) is 5.91 Å². The van der Waals surface area contributed by atoms with E-state index < -0.39 is 5.91 Å². The SMILES string of the molecule is Cc1ccc(-c2cc(CC(=O)Nc3ccccc3C(N)=O)no2)cc1. The molecule has 0 unspecified atom stereocenters. The molecule has 6 heteroatoms. The lowest BCUT2D eigenvalue weighted by Crippen LogP contribution is -2.19. The molecule has 0 saturated heterocycles. The van der Waals surface area contributed by atoms with Crippen molar-refractivity contribution < 1.29 is 14.1 Å². The fourth-order valence-electron chi connectivity index (χ4n) is 2.41. The minimum Gasteiger partial charge on any atom is -0.366 e. The molecule has 3 rings (SSSR count). The van der Waals surface area contributed by atoms with Gasteiger partial charge in [-0.15, -0.1) is 0 Å². The van der Waals surface area contributed by atoms with Gasteiger partial charge in [-0.25, -0.2) is 0 Å². The molecule has 0 bridgehead atoms. The lowest BCUT2D eigenvalue weighted by molar-refractivity contribution is -0.115. The highest BCUT2D eigenvalue weighted by Gasteiger charge is 2.13. The second kappa shape index (κ2) is 7.00. The summed E-state index contributed by atoms with van der Waals surface area (Å²) in [6, 6.07) is 16.1. The van der Waals surface area contributed by atoms with Crippen molar-refractivity contribution in [3.63, 3.8) is 0 Å². The average Bonchev–Trinajstić information content (AvgIpc) is 3.04. The standard InChI is InChI=1S/C19H17N3O3/c1-12-6-8-13(9-7-12)17-10-14(22-25-17)11-18(23)21-16-5-3-2-4-15(16)19(20)24/h2-10H,11H2,1H3,(H2,20,24)(H,21,23). The van der Waals surface area contributed by atoms with Crippen molar-refractivity contribution in [3.05, 3.63) is 71.4 Å². The third-order valence-electron chi connectivity index (χ3n) is 3.70. The molecular weight excluding hydrogens is 318 g/mol. The second-order valence-corrected chi connectivity index (χ2v) is 5.68. The number of primary amides is 1. The summed E-state index contributed by atoms with van der Waals surface area (Å²) < 4.78 is 5.30. The number of nitrogens with one attached hydrogen (secondary N) is 1. The van der Waals surface area contributed by atoms with E-state index in [-0.39, 0.29) is 17.9 Å². The molecule has 0 aliphatic carbocycles. The quantitative estimate of drug-likeness (QED) is 0.749. The normalized spacial score (nSPS) is 10.4. The molecule has 3 aromatic rings. The number of aromatic nitrogens is 1. The number of anilines is 1. The third kappa shape index (κ3) is 3.92. The Balaban J connectivity index is 1.70. The molecule has 0 atom stereocenters. The largest absolute Gasteiger partial charge is 0.366 e. The van der Waals surface area contributed by atoms with Crippen LogP contribution in [-0.4, -0.2) is 17.0 Å². The van der Waals surface area contributed by atoms with Gasteiger partial charge >= 0.3 is 0 Å². The summed E-state index contributed by atoms with van der Waals surface area (Å²) in [5.74, 6) is -0.309. The number of nitrogens with two attached hydrogens (primary N) is 1. The highest BCUT2D eigenvalue weighted by molar-refractivity contribution is 6.03. The predicted molar refractivity (Wildman–Crippen MR) is 94.0 cm³/mol. The molecule has 0 saturated carbocycles. The third-order valence-corrected chi connectivity index (χ3v) is 3.70. The van der Waals surface area contributed by atoms with Gasteiger partial charge in [-0.2, -0.15) is 0 Å². The number of benzene rings is 2. The number of hydrogen-bond acceptors (Lipinski definition) is 4. The molecular formula is C19H17N3O3. The van der Waals surface area contributed by atoms with Gasteiger partial charge in [0.2, 0.25) is 5.91 Å². The van der Waals surface area contributed by atoms with E-state index in [2.05, 4.69) is 10.5 Å². The Morgan fingerprint density at radius 1 is 1.12 bits per heavy atom. The molecule has 0 aliphatic heterocycles. The Hall–Kier alpha value is -3.41. The van der Waals surface area contributed by atoms with Crippen molar-refractivity contribution in [2.75, 3.05) is 5.32 Å². The van der Waals surface area contributed by atoms with Crippen molar-refractivity contribution in [1.29, 1.82) is 0 Å². The molecule has 2 aromatic carbocycles. The fourth-order valence-corrected chi connectivity index (χ4v) is 2.41. The topological polar surface area (TPSA) is 98.2 Å². The number of nitrogens with zero attached hydrogens (tertiary/aromatic N) is 1. The number of carbonyl (C=O) groups excluding carboxylic acids is 2. The molecule has 0 fully saturated rings. The van der Waals surface area contributed by atoms with Gasteiger partial charge in [-0.05, 0) is 19.1 Å². The molecule has 1 heterocycles. The zero-order valence-corrected chi connectivity index (χ0v) is 13.7. The molecule has 3 N–H and O–H groups in total. The smallest absolute Gasteiger partial charge is 0.250 e. The first-order valence-electron chi connectivity index (χ1n) is 7.74. The Morgan fingerprint density at radius 2 is 1.84 bits per heavy atom. The Bertz CT molecular complexity index is 914. The summed E-state index contributed by atoms with van der Waals surface area (Å²) in [6.45, 7) is 2.00. The van der Waals surface area contributed by atoms with E-state index in [4.69, 9.17) is 10.3 Å². The summed E-state index contributed by atoms with van der Waals surface area (Å²) in [5, 5.41) is 6.60. The lowest BCUT2D eigenvalue weighted by Gasteiger charge is -2.07. The van der Waals surface area contributed by atoms with Crippen LogP contribution < -0.4 is 11.1 Å². The van der Waals surface area contributed by atoms with E-state index in [0.717, 1.165) is 11.1 Å². The highest BCUT2D eigenvalue weighted by atomic mass is 16.5. The number of para-hydroxylation sites is 1. The lowest BCUT2D eigenvalue weighted by atomic mass is 10.1. The minimum absolute atomic E-state index is 0.0302. The van der Waals surface area contributed by atoms with Crippen LogP contribution in [0.4, 0.5) is 5.69 Å². The second-order valence-electron chi connectivity index (χ2n) is 5.68. The predicted octanol–water partition coefficient (Wildman–Crippen LogP) is 2.93. The van der Waals surface area contributed by atoms with Crippen LogP contribution in [0.5, 0.6) is 0 Å². The first kappa shape index (κ1) is 16.4. The van der Waals surface area contributed by atoms with Gasteiger partial charge in [0.05, 0.1) is 23.4 Å². The van der Waals surface area contributed by atoms with Crippen LogP contribution in [-0.2, 0) is 11.2 Å². The number of aryl methyl sites for hydroxylation is 1. The maximum atomic E-state index is 12.2. The number of amides is 2. The molecule has 2 amide bonds. The fraction of sp³-hybridized carbons (Fsp3) is 0.105. The van der Waals surface area contributed by atoms with Gasteiger partial charge in [0.15, 0.2) is 5.76 Å². The van der Waals surface area contributed by atoms with Gasteiger partial charge in [0.1, 0.15) is 0 Å². The van der Waals surface area contributed by atoms with E-state index >= 15 is 0 Å². The van der Waals surface area contributed by atoms with E-state index in [1.54, 1.807) is 30.3 Å². The molecule has 0 aliphatic rings. The first-order chi connectivity index (χ1) is 12.0. The van der Waals surface area contributed by atoms with Crippen molar-refractivity contribution in [2.45, 2.75) is 13.3 Å². The maximum absolute atomic E-state index is 12.2. The van der Waals surface area contributed by atoms with E-state index in [1.807, 2.05) is 31.2 Å². The average molecular weight is 335 g/mol. The van der Waals surface area contributed by atoms with Crippen LogP contribution in [0.15, 0.2) is 59.1 Å². The van der Waals surface area contributed by atoms with Crippen molar-refractivity contribution in [2.24, 2.45) is 5.73 Å². The Kier molecular flexibility index (Phi) is 4.61. The molecule has 25 heavy (non-hydrogen) atoms. The molecule has 0 spiro atoms. The molecule has 1 aromatic heterocycles. The Morgan fingerprint density at radius 3 is 2.56 bits per heavy atom. The molecule has 6 nitrogen and oxygen atoms in total. The van der Waals surface area contributed by atoms with Crippen molar-refractivity contribution in [3.8, 4) is 11.3 Å². The number of hydrogen-bond donors (Lipinski definition) is 2. The maximum Gasteiger partial charge on any atom is 0.250 e. The molecule has 0 radical (unpaired) electrons. The van der Waals surface area contributed by atoms with Gasteiger partial charge in [-0.1, -0.05) is 47.1 Å².